The molecule has 7 nitrogen and oxygen atoms in total. The van der Waals surface area contributed by atoms with Crippen LogP contribution in [0.2, 0.25) is 0 Å². The van der Waals surface area contributed by atoms with E-state index in [1.165, 1.54) is 0 Å². The van der Waals surface area contributed by atoms with Gasteiger partial charge in [0.15, 0.2) is 11.5 Å². The maximum atomic E-state index is 13.9. The molecule has 3 heterocycles. The minimum atomic E-state index is -4.70. The van der Waals surface area contributed by atoms with Gasteiger partial charge in [-0.3, -0.25) is 4.68 Å². The topological polar surface area (TPSA) is 82.5 Å². The summed E-state index contributed by atoms with van der Waals surface area (Å²) < 4.78 is 58.7. The normalized spacial score (nSPS) is 14.7. The van der Waals surface area contributed by atoms with E-state index in [1.54, 1.807) is 0 Å². The summed E-state index contributed by atoms with van der Waals surface area (Å²) in [6.07, 6.45) is -3.02. The molecule has 0 aliphatic carbocycles. The van der Waals surface area contributed by atoms with E-state index in [4.69, 9.17) is 19.1 Å². The van der Waals surface area contributed by atoms with Gasteiger partial charge in [0.25, 0.3) is 0 Å². The van der Waals surface area contributed by atoms with E-state index in [0.29, 0.717) is 24.5 Å². The molecule has 0 amide bonds. The summed E-state index contributed by atoms with van der Waals surface area (Å²) in [4.78, 5) is 0. The van der Waals surface area contributed by atoms with Gasteiger partial charge in [-0.05, 0) is 12.0 Å². The first-order valence-electron chi connectivity index (χ1n) is 9.94. The van der Waals surface area contributed by atoms with Crippen molar-refractivity contribution in [1.29, 1.82) is 0 Å². The van der Waals surface area contributed by atoms with Crippen LogP contribution in [-0.2, 0) is 35.2 Å². The van der Waals surface area contributed by atoms with Gasteiger partial charge in [-0.25, -0.2) is 0 Å². The lowest BCUT2D eigenvalue weighted by Crippen LogP contribution is -2.35. The third-order valence-electron chi connectivity index (χ3n) is 5.18. The van der Waals surface area contributed by atoms with Crippen molar-refractivity contribution in [2.24, 2.45) is 0 Å². The van der Waals surface area contributed by atoms with Crippen molar-refractivity contribution >= 4 is 0 Å². The monoisotopic (exact) mass is 437 g/mol. The number of hydrogen-bond acceptors (Lipinski definition) is 6. The second-order valence-corrected chi connectivity index (χ2v) is 7.17. The Morgan fingerprint density at radius 1 is 1.23 bits per heavy atom. The average Bonchev–Trinajstić information content (AvgIpc) is 3.31. The molecule has 4 rings (SSSR count). The molecule has 1 fully saturated rings. The number of rotatable bonds is 8. The summed E-state index contributed by atoms with van der Waals surface area (Å²) in [5.41, 5.74) is 1.39. The molecule has 0 bridgehead atoms. The smallest absolute Gasteiger partial charge is 0.394 e. The molecule has 1 aromatic carbocycles. The van der Waals surface area contributed by atoms with Crippen molar-refractivity contribution in [3.8, 4) is 22.6 Å². The summed E-state index contributed by atoms with van der Waals surface area (Å²) in [6, 6.07) is 7.53. The van der Waals surface area contributed by atoms with Gasteiger partial charge in [0.1, 0.15) is 11.8 Å². The molecule has 1 N–H and O–H groups in total. The van der Waals surface area contributed by atoms with E-state index < -0.39 is 18.5 Å². The van der Waals surface area contributed by atoms with E-state index in [9.17, 15) is 13.2 Å². The van der Waals surface area contributed by atoms with Gasteiger partial charge < -0.3 is 19.1 Å². The fraction of sp³-hybridized carbons (Fsp3) is 0.429. The van der Waals surface area contributed by atoms with Crippen molar-refractivity contribution < 1.29 is 32.3 Å². The molecule has 2 aromatic heterocycles. The lowest BCUT2D eigenvalue weighted by atomic mass is 9.97. The zero-order chi connectivity index (χ0) is 22.0. The molecule has 1 aliphatic rings. The average molecular weight is 437 g/mol. The van der Waals surface area contributed by atoms with E-state index in [1.807, 2.05) is 31.2 Å². The Labute approximate surface area is 176 Å². The van der Waals surface area contributed by atoms with E-state index in [2.05, 4.69) is 10.3 Å². The van der Waals surface area contributed by atoms with Crippen molar-refractivity contribution in [3.05, 3.63) is 47.3 Å². The molecule has 1 saturated heterocycles. The van der Waals surface area contributed by atoms with Crippen LogP contribution in [-0.4, -0.2) is 46.0 Å². The third kappa shape index (κ3) is 4.23. The Hall–Kier alpha value is -2.69. The van der Waals surface area contributed by atoms with Crippen LogP contribution < -0.4 is 0 Å². The summed E-state index contributed by atoms with van der Waals surface area (Å²) in [7, 11) is 0. The van der Waals surface area contributed by atoms with Crippen molar-refractivity contribution in [2.45, 2.75) is 38.8 Å². The Balaban J connectivity index is 1.84. The van der Waals surface area contributed by atoms with Crippen molar-refractivity contribution in [2.75, 3.05) is 19.8 Å². The van der Waals surface area contributed by atoms with Crippen LogP contribution in [0, 0.1) is 0 Å². The van der Waals surface area contributed by atoms with Crippen molar-refractivity contribution in [1.82, 2.24) is 14.9 Å². The molecule has 0 atom stereocenters. The minimum absolute atomic E-state index is 0.0166. The van der Waals surface area contributed by atoms with Crippen LogP contribution in [0.3, 0.4) is 0 Å². The van der Waals surface area contributed by atoms with Crippen LogP contribution in [0.5, 0.6) is 0 Å². The van der Waals surface area contributed by atoms with Gasteiger partial charge in [-0.1, -0.05) is 36.3 Å². The Morgan fingerprint density at radius 2 is 2.00 bits per heavy atom. The molecule has 31 heavy (non-hydrogen) atoms. The fourth-order valence-corrected chi connectivity index (χ4v) is 3.55. The standard InChI is InChI=1S/C21H22F3N3O4/c1-2-13-5-3-4-6-15(13)18-17(12-30-14-10-29-11-14)19(31-26-18)16-9-25-27(7-8-28)20(16)21(22,23)24/h3-6,9,14,28H,2,7-8,10-12H2,1H3. The highest BCUT2D eigenvalue weighted by Gasteiger charge is 2.40. The summed E-state index contributed by atoms with van der Waals surface area (Å²) in [5.74, 6) is -0.0438. The molecule has 3 aromatic rings. The molecular formula is C21H22F3N3O4. The molecule has 166 valence electrons. The maximum Gasteiger partial charge on any atom is 0.433 e. The number of aryl methyl sites for hydroxylation is 1. The quantitative estimate of drug-likeness (QED) is 0.579. The number of ether oxygens (including phenoxy) is 2. The van der Waals surface area contributed by atoms with Crippen LogP contribution >= 0.6 is 0 Å². The van der Waals surface area contributed by atoms with Crippen LogP contribution in [0.1, 0.15) is 23.7 Å². The molecular weight excluding hydrogens is 415 g/mol. The number of halogens is 3. The van der Waals surface area contributed by atoms with E-state index in [-0.39, 0.29) is 30.6 Å². The second-order valence-electron chi connectivity index (χ2n) is 7.17. The number of benzene rings is 1. The Morgan fingerprint density at radius 3 is 2.65 bits per heavy atom. The minimum Gasteiger partial charge on any atom is -0.394 e. The molecule has 0 unspecified atom stereocenters. The zero-order valence-electron chi connectivity index (χ0n) is 16.9. The summed E-state index contributed by atoms with van der Waals surface area (Å²) in [5, 5.41) is 17.1. The molecule has 0 radical (unpaired) electrons. The summed E-state index contributed by atoms with van der Waals surface area (Å²) >= 11 is 0. The lowest BCUT2D eigenvalue weighted by Gasteiger charge is -2.26. The highest BCUT2D eigenvalue weighted by Crippen LogP contribution is 2.41. The van der Waals surface area contributed by atoms with E-state index in [0.717, 1.165) is 28.4 Å². The largest absolute Gasteiger partial charge is 0.433 e. The number of aliphatic hydroxyl groups excluding tert-OH is 1. The summed E-state index contributed by atoms with van der Waals surface area (Å²) in [6.45, 7) is 2.10. The van der Waals surface area contributed by atoms with Gasteiger partial charge in [-0.2, -0.15) is 18.3 Å². The van der Waals surface area contributed by atoms with Gasteiger partial charge in [0.05, 0.1) is 50.3 Å². The Kier molecular flexibility index (Phi) is 6.12. The van der Waals surface area contributed by atoms with Gasteiger partial charge in [-0.15, -0.1) is 0 Å². The first-order valence-corrected chi connectivity index (χ1v) is 9.94. The first-order chi connectivity index (χ1) is 14.9. The SMILES string of the molecule is CCc1ccccc1-c1noc(-c2cnn(CCO)c2C(F)(F)F)c1COC1COC1. The number of aromatic nitrogens is 3. The zero-order valence-corrected chi connectivity index (χ0v) is 16.9. The number of alkyl halides is 3. The predicted octanol–water partition coefficient (Wildman–Crippen LogP) is 3.69. The second kappa shape index (κ2) is 8.81. The molecule has 0 saturated carbocycles. The Bertz CT molecular complexity index is 1040. The van der Waals surface area contributed by atoms with Gasteiger partial charge in [0.2, 0.25) is 0 Å². The van der Waals surface area contributed by atoms with E-state index >= 15 is 0 Å². The fourth-order valence-electron chi connectivity index (χ4n) is 3.55. The molecule has 0 spiro atoms. The highest BCUT2D eigenvalue weighted by molar-refractivity contribution is 5.75. The molecule has 1 aliphatic heterocycles. The number of aliphatic hydroxyl groups is 1. The lowest BCUT2D eigenvalue weighted by molar-refractivity contribution is -0.144. The predicted molar refractivity (Wildman–Crippen MR) is 104 cm³/mol. The van der Waals surface area contributed by atoms with Crippen LogP contribution in [0.25, 0.3) is 22.6 Å². The maximum absolute atomic E-state index is 13.9. The highest BCUT2D eigenvalue weighted by atomic mass is 19.4. The van der Waals surface area contributed by atoms with Crippen LogP contribution in [0.15, 0.2) is 35.0 Å². The number of hydrogen-bond donors (Lipinski definition) is 1. The van der Waals surface area contributed by atoms with Crippen LogP contribution in [0.4, 0.5) is 13.2 Å². The van der Waals surface area contributed by atoms with Crippen molar-refractivity contribution in [3.63, 3.8) is 0 Å². The molecule has 10 heteroatoms. The van der Waals surface area contributed by atoms with Gasteiger partial charge in [0, 0.05) is 5.56 Å². The van der Waals surface area contributed by atoms with Gasteiger partial charge >= 0.3 is 6.18 Å². The first kappa shape index (κ1) is 21.5. The number of nitrogens with zero attached hydrogens (tertiary/aromatic N) is 3. The third-order valence-corrected chi connectivity index (χ3v) is 5.18.